The average molecular weight is 392 g/mol. The minimum Gasteiger partial charge on any atom is -0.454 e. The van der Waals surface area contributed by atoms with Gasteiger partial charge < -0.3 is 19.7 Å². The molecule has 1 N–H and O–H groups in total. The highest BCUT2D eigenvalue weighted by Crippen LogP contribution is 2.49. The van der Waals surface area contributed by atoms with E-state index in [1.54, 1.807) is 6.92 Å². The minimum atomic E-state index is -0.0372. The van der Waals surface area contributed by atoms with E-state index in [-0.39, 0.29) is 30.6 Å². The van der Waals surface area contributed by atoms with Gasteiger partial charge in [-0.15, -0.1) is 0 Å². The molecule has 150 valence electrons. The molecule has 3 atom stereocenters. The highest BCUT2D eigenvalue weighted by atomic mass is 16.7. The number of nitrogens with one attached hydrogen (secondary N) is 1. The fourth-order valence-corrected chi connectivity index (χ4v) is 4.90. The number of amides is 2. The van der Waals surface area contributed by atoms with Crippen LogP contribution in [0.3, 0.4) is 0 Å². The van der Waals surface area contributed by atoms with Crippen LogP contribution in [-0.2, 0) is 16.0 Å². The van der Waals surface area contributed by atoms with E-state index in [4.69, 9.17) is 9.47 Å². The minimum absolute atomic E-state index is 0.0318. The molecule has 0 unspecified atom stereocenters. The van der Waals surface area contributed by atoms with Crippen LogP contribution in [0, 0.1) is 5.92 Å². The van der Waals surface area contributed by atoms with Crippen LogP contribution in [0.4, 0.5) is 0 Å². The smallest absolute Gasteiger partial charge is 0.231 e. The van der Waals surface area contributed by atoms with Gasteiger partial charge in [0.05, 0.1) is 6.04 Å². The van der Waals surface area contributed by atoms with Gasteiger partial charge >= 0.3 is 0 Å². The summed E-state index contributed by atoms with van der Waals surface area (Å²) in [5, 5.41) is 3.26. The number of rotatable bonds is 4. The Morgan fingerprint density at radius 2 is 1.86 bits per heavy atom. The van der Waals surface area contributed by atoms with Gasteiger partial charge in [-0.2, -0.15) is 0 Å². The first-order valence-corrected chi connectivity index (χ1v) is 10.1. The van der Waals surface area contributed by atoms with Crippen molar-refractivity contribution in [2.24, 2.45) is 5.92 Å². The third-order valence-electron chi connectivity index (χ3n) is 6.36. The summed E-state index contributed by atoms with van der Waals surface area (Å²) >= 11 is 0. The summed E-state index contributed by atoms with van der Waals surface area (Å²) in [5.74, 6) is 2.17. The standard InChI is InChI=1S/C23H24N2O4/c1-14(26)25-11-18-16-4-2-3-5-17(16)23(19(18)12-25)24-22(27)9-7-15-6-8-20-21(10-15)29-13-28-20/h2-6,8,10,18-19,23H,7,9,11-13H2,1H3,(H,24,27)/t18-,19-,23-/m0/s1. The Labute approximate surface area is 169 Å². The van der Waals surface area contributed by atoms with Crippen LogP contribution in [0.1, 0.15) is 42.0 Å². The maximum atomic E-state index is 12.8. The number of carbonyl (C=O) groups excluding carboxylic acids is 2. The molecule has 29 heavy (non-hydrogen) atoms. The topological polar surface area (TPSA) is 67.9 Å². The number of carbonyl (C=O) groups is 2. The van der Waals surface area contributed by atoms with Gasteiger partial charge in [0, 0.05) is 38.3 Å². The van der Waals surface area contributed by atoms with E-state index < -0.39 is 0 Å². The first kappa shape index (κ1) is 18.0. The van der Waals surface area contributed by atoms with E-state index in [1.165, 1.54) is 11.1 Å². The van der Waals surface area contributed by atoms with Gasteiger partial charge in [-0.25, -0.2) is 0 Å². The Kier molecular flexibility index (Phi) is 4.42. The summed E-state index contributed by atoms with van der Waals surface area (Å²) < 4.78 is 10.8. The van der Waals surface area contributed by atoms with Crippen molar-refractivity contribution in [2.45, 2.75) is 31.7 Å². The molecule has 3 aliphatic rings. The normalized spacial score (nSPS) is 23.6. The second kappa shape index (κ2) is 7.10. The van der Waals surface area contributed by atoms with Crippen molar-refractivity contribution in [3.05, 3.63) is 59.2 Å². The molecular weight excluding hydrogens is 368 g/mol. The van der Waals surface area contributed by atoms with Crippen molar-refractivity contribution >= 4 is 11.8 Å². The number of hydrogen-bond acceptors (Lipinski definition) is 4. The second-order valence-electron chi connectivity index (χ2n) is 8.06. The maximum absolute atomic E-state index is 12.8. The molecule has 2 aromatic carbocycles. The molecule has 1 saturated heterocycles. The Balaban J connectivity index is 1.28. The number of hydrogen-bond donors (Lipinski definition) is 1. The van der Waals surface area contributed by atoms with E-state index in [2.05, 4.69) is 17.4 Å². The molecule has 6 nitrogen and oxygen atoms in total. The van der Waals surface area contributed by atoms with E-state index in [9.17, 15) is 9.59 Å². The number of fused-ring (bicyclic) bond motifs is 4. The van der Waals surface area contributed by atoms with Crippen LogP contribution in [-0.4, -0.2) is 36.6 Å². The molecule has 2 amide bonds. The summed E-state index contributed by atoms with van der Waals surface area (Å²) in [4.78, 5) is 26.5. The lowest BCUT2D eigenvalue weighted by atomic mass is 9.94. The SMILES string of the molecule is CC(=O)N1C[C@H]2[C@@H](C1)c1ccccc1[C@@H]2NC(=O)CCc1ccc2c(c1)OCO2. The van der Waals surface area contributed by atoms with Crippen LogP contribution in [0.5, 0.6) is 11.5 Å². The van der Waals surface area contributed by atoms with Gasteiger partial charge in [0.15, 0.2) is 11.5 Å². The van der Waals surface area contributed by atoms with Gasteiger partial charge in [0.2, 0.25) is 18.6 Å². The summed E-state index contributed by atoms with van der Waals surface area (Å²) in [6.45, 7) is 3.30. The molecule has 1 aliphatic carbocycles. The number of benzene rings is 2. The third kappa shape index (κ3) is 3.22. The number of nitrogens with zero attached hydrogens (tertiary/aromatic N) is 1. The molecule has 0 saturated carbocycles. The molecule has 2 aromatic rings. The van der Waals surface area contributed by atoms with Crippen molar-refractivity contribution in [3.8, 4) is 11.5 Å². The lowest BCUT2D eigenvalue weighted by Crippen LogP contribution is -2.34. The molecule has 2 heterocycles. The van der Waals surface area contributed by atoms with Gasteiger partial charge in [-0.1, -0.05) is 30.3 Å². The largest absolute Gasteiger partial charge is 0.454 e. The fraction of sp³-hybridized carbons (Fsp3) is 0.391. The van der Waals surface area contributed by atoms with Gasteiger partial charge in [0.25, 0.3) is 0 Å². The van der Waals surface area contributed by atoms with Crippen molar-refractivity contribution in [3.63, 3.8) is 0 Å². The number of aryl methyl sites for hydroxylation is 1. The Bertz CT molecular complexity index is 973. The summed E-state index contributed by atoms with van der Waals surface area (Å²) in [7, 11) is 0. The molecule has 1 fully saturated rings. The number of ether oxygens (including phenoxy) is 2. The van der Waals surface area contributed by atoms with E-state index in [1.807, 2.05) is 35.2 Å². The molecule has 0 radical (unpaired) electrons. The summed E-state index contributed by atoms with van der Waals surface area (Å²) in [6.07, 6.45) is 1.05. The molecule has 0 bridgehead atoms. The van der Waals surface area contributed by atoms with Crippen LogP contribution < -0.4 is 14.8 Å². The second-order valence-corrected chi connectivity index (χ2v) is 8.06. The predicted octanol–water partition coefficient (Wildman–Crippen LogP) is 2.78. The summed E-state index contributed by atoms with van der Waals surface area (Å²) in [6, 6.07) is 14.1. The highest BCUT2D eigenvalue weighted by molar-refractivity contribution is 5.77. The van der Waals surface area contributed by atoms with Crippen molar-refractivity contribution in [2.75, 3.05) is 19.9 Å². The molecule has 0 spiro atoms. The van der Waals surface area contributed by atoms with Gasteiger partial charge in [0.1, 0.15) is 0 Å². The number of likely N-dealkylation sites (tertiary alicyclic amines) is 1. The fourth-order valence-electron chi connectivity index (χ4n) is 4.90. The van der Waals surface area contributed by atoms with Crippen molar-refractivity contribution in [1.82, 2.24) is 10.2 Å². The molecule has 2 aliphatic heterocycles. The highest BCUT2D eigenvalue weighted by Gasteiger charge is 2.47. The lowest BCUT2D eigenvalue weighted by molar-refractivity contribution is -0.128. The van der Waals surface area contributed by atoms with Crippen molar-refractivity contribution in [1.29, 1.82) is 0 Å². The first-order valence-electron chi connectivity index (χ1n) is 10.1. The quantitative estimate of drug-likeness (QED) is 0.869. The monoisotopic (exact) mass is 392 g/mol. The molecular formula is C23H24N2O4. The first-order chi connectivity index (χ1) is 14.1. The van der Waals surface area contributed by atoms with E-state index >= 15 is 0 Å². The molecule has 6 heteroatoms. The van der Waals surface area contributed by atoms with Crippen LogP contribution in [0.25, 0.3) is 0 Å². The Morgan fingerprint density at radius 3 is 2.69 bits per heavy atom. The molecule has 0 aromatic heterocycles. The van der Waals surface area contributed by atoms with Gasteiger partial charge in [-0.3, -0.25) is 9.59 Å². The van der Waals surface area contributed by atoms with E-state index in [0.717, 1.165) is 23.6 Å². The van der Waals surface area contributed by atoms with Crippen LogP contribution in [0.2, 0.25) is 0 Å². The zero-order valence-electron chi connectivity index (χ0n) is 16.4. The van der Waals surface area contributed by atoms with Crippen LogP contribution in [0.15, 0.2) is 42.5 Å². The average Bonchev–Trinajstić information content (AvgIpc) is 3.42. The van der Waals surface area contributed by atoms with Gasteiger partial charge in [-0.05, 0) is 35.2 Å². The zero-order valence-corrected chi connectivity index (χ0v) is 16.4. The molecule has 5 rings (SSSR count). The maximum Gasteiger partial charge on any atom is 0.231 e. The Hall–Kier alpha value is -3.02. The van der Waals surface area contributed by atoms with Crippen molar-refractivity contribution < 1.29 is 19.1 Å². The summed E-state index contributed by atoms with van der Waals surface area (Å²) in [5.41, 5.74) is 3.52. The lowest BCUT2D eigenvalue weighted by Gasteiger charge is -2.22. The zero-order chi connectivity index (χ0) is 20.0. The predicted molar refractivity (Wildman–Crippen MR) is 107 cm³/mol. The van der Waals surface area contributed by atoms with E-state index in [0.29, 0.717) is 25.3 Å². The Morgan fingerprint density at radius 1 is 1.07 bits per heavy atom. The third-order valence-corrected chi connectivity index (χ3v) is 6.36. The van der Waals surface area contributed by atoms with Crippen LogP contribution >= 0.6 is 0 Å².